The van der Waals surface area contributed by atoms with Crippen molar-refractivity contribution >= 4 is 32.6 Å². The lowest BCUT2D eigenvalue weighted by molar-refractivity contribution is 0.660. The second kappa shape index (κ2) is 10.8. The number of para-hydroxylation sites is 2. The van der Waals surface area contributed by atoms with Crippen LogP contribution in [0.5, 0.6) is 0 Å². The van der Waals surface area contributed by atoms with Crippen LogP contribution in [-0.2, 0) is 5.41 Å². The lowest BCUT2D eigenvalue weighted by atomic mass is 9.82. The summed E-state index contributed by atoms with van der Waals surface area (Å²) in [5.41, 5.74) is 11.2. The third-order valence-electron chi connectivity index (χ3n) is 10.4. The van der Waals surface area contributed by atoms with Gasteiger partial charge in [-0.1, -0.05) is 141 Å². The minimum Gasteiger partial charge on any atom is -0.309 e. The number of nitrogens with zero attached hydrogens (tertiary/aromatic N) is 4. The molecule has 0 aliphatic heterocycles. The molecule has 7 aromatic carbocycles. The molecule has 2 heterocycles. The van der Waals surface area contributed by atoms with Crippen LogP contribution in [0.2, 0.25) is 0 Å². The van der Waals surface area contributed by atoms with E-state index in [-0.39, 0.29) is 5.41 Å². The zero-order valence-electron chi connectivity index (χ0n) is 27.8. The first-order valence-corrected chi connectivity index (χ1v) is 17.1. The lowest BCUT2D eigenvalue weighted by Gasteiger charge is -2.21. The van der Waals surface area contributed by atoms with Gasteiger partial charge in [-0.25, -0.2) is 15.0 Å². The minimum absolute atomic E-state index is 0.129. The average molecular weight is 641 g/mol. The van der Waals surface area contributed by atoms with Crippen molar-refractivity contribution in [2.75, 3.05) is 0 Å². The molecule has 1 aliphatic carbocycles. The van der Waals surface area contributed by atoms with Crippen LogP contribution >= 0.6 is 0 Å². The minimum atomic E-state index is -0.129. The summed E-state index contributed by atoms with van der Waals surface area (Å²) >= 11 is 0. The molecule has 10 rings (SSSR count). The molecule has 0 amide bonds. The van der Waals surface area contributed by atoms with E-state index >= 15 is 0 Å². The SMILES string of the molecule is CC1(C)c2ccccc2-c2c(-c3nc(-c4cccc(-n5c6ccccc6c6ccccc65)c4)nc(-c4ccc5ccccc5c4)n3)cccc21. The van der Waals surface area contributed by atoms with E-state index in [2.05, 4.69) is 176 Å². The molecule has 0 atom stereocenters. The van der Waals surface area contributed by atoms with Gasteiger partial charge in [-0.15, -0.1) is 0 Å². The Morgan fingerprint density at radius 3 is 1.80 bits per heavy atom. The van der Waals surface area contributed by atoms with Gasteiger partial charge in [0, 0.05) is 38.6 Å². The Bertz CT molecular complexity index is 2750. The summed E-state index contributed by atoms with van der Waals surface area (Å²) in [5.74, 6) is 1.97. The van der Waals surface area contributed by atoms with Gasteiger partial charge >= 0.3 is 0 Å². The van der Waals surface area contributed by atoms with Gasteiger partial charge in [-0.2, -0.15) is 0 Å². The van der Waals surface area contributed by atoms with Crippen LogP contribution in [0.25, 0.3) is 83.6 Å². The van der Waals surface area contributed by atoms with Crippen molar-refractivity contribution in [3.05, 3.63) is 169 Å². The standard InChI is InChI=1S/C46H32N4/c1-46(2)38-21-8-5-19-36(38)42-37(20-12-22-39(42)46)45-48-43(47-44(49-45)32-26-25-29-13-3-4-14-30(29)27-32)31-15-11-16-33(28-31)50-40-23-9-6-17-34(40)35-18-7-10-24-41(35)50/h3-28H,1-2H3. The van der Waals surface area contributed by atoms with Crippen LogP contribution < -0.4 is 0 Å². The van der Waals surface area contributed by atoms with Gasteiger partial charge in [-0.3, -0.25) is 0 Å². The molecule has 0 saturated carbocycles. The van der Waals surface area contributed by atoms with E-state index in [1.807, 2.05) is 0 Å². The molecule has 4 heteroatoms. The monoisotopic (exact) mass is 640 g/mol. The molecular formula is C46H32N4. The average Bonchev–Trinajstić information content (AvgIpc) is 3.63. The highest BCUT2D eigenvalue weighted by Gasteiger charge is 2.37. The number of hydrogen-bond donors (Lipinski definition) is 0. The van der Waals surface area contributed by atoms with Crippen molar-refractivity contribution in [2.24, 2.45) is 0 Å². The molecule has 4 nitrogen and oxygen atoms in total. The van der Waals surface area contributed by atoms with E-state index in [1.54, 1.807) is 0 Å². The summed E-state index contributed by atoms with van der Waals surface area (Å²) in [4.78, 5) is 15.7. The van der Waals surface area contributed by atoms with Crippen LogP contribution in [0.1, 0.15) is 25.0 Å². The molecule has 0 bridgehead atoms. The van der Waals surface area contributed by atoms with Gasteiger partial charge in [0.2, 0.25) is 0 Å². The molecule has 0 spiro atoms. The molecule has 0 saturated heterocycles. The van der Waals surface area contributed by atoms with Gasteiger partial charge in [0.1, 0.15) is 0 Å². The van der Waals surface area contributed by atoms with Crippen molar-refractivity contribution in [3.63, 3.8) is 0 Å². The normalized spacial score (nSPS) is 13.2. The molecule has 0 N–H and O–H groups in total. The van der Waals surface area contributed by atoms with Crippen molar-refractivity contribution in [3.8, 4) is 51.0 Å². The van der Waals surface area contributed by atoms with E-state index in [0.717, 1.165) is 27.8 Å². The fraction of sp³-hybridized carbons (Fsp3) is 0.0652. The predicted octanol–water partition coefficient (Wildman–Crippen LogP) is 11.4. The Morgan fingerprint density at radius 1 is 0.440 bits per heavy atom. The third-order valence-corrected chi connectivity index (χ3v) is 10.4. The van der Waals surface area contributed by atoms with Crippen LogP contribution in [0.3, 0.4) is 0 Å². The first-order chi connectivity index (χ1) is 24.5. The van der Waals surface area contributed by atoms with E-state index in [9.17, 15) is 0 Å². The molecule has 236 valence electrons. The number of fused-ring (bicyclic) bond motifs is 7. The smallest absolute Gasteiger partial charge is 0.164 e. The quantitative estimate of drug-likeness (QED) is 0.192. The second-order valence-corrected chi connectivity index (χ2v) is 13.7. The second-order valence-electron chi connectivity index (χ2n) is 13.7. The highest BCUT2D eigenvalue weighted by Crippen LogP contribution is 2.51. The molecule has 0 unspecified atom stereocenters. The van der Waals surface area contributed by atoms with E-state index in [1.165, 1.54) is 49.4 Å². The molecule has 9 aromatic rings. The zero-order valence-corrected chi connectivity index (χ0v) is 27.8. The summed E-state index contributed by atoms with van der Waals surface area (Å²) in [6, 6.07) is 55.9. The Labute approximate surface area is 290 Å². The number of hydrogen-bond acceptors (Lipinski definition) is 3. The van der Waals surface area contributed by atoms with Crippen molar-refractivity contribution in [2.45, 2.75) is 19.3 Å². The van der Waals surface area contributed by atoms with Crippen LogP contribution in [0, 0.1) is 0 Å². The van der Waals surface area contributed by atoms with Crippen molar-refractivity contribution < 1.29 is 0 Å². The molecule has 50 heavy (non-hydrogen) atoms. The fourth-order valence-corrected chi connectivity index (χ4v) is 8.01. The maximum atomic E-state index is 5.28. The molecule has 2 aromatic heterocycles. The first-order valence-electron chi connectivity index (χ1n) is 17.1. The van der Waals surface area contributed by atoms with Gasteiger partial charge in [0.05, 0.1) is 11.0 Å². The maximum Gasteiger partial charge on any atom is 0.164 e. The summed E-state index contributed by atoms with van der Waals surface area (Å²) in [6.07, 6.45) is 0. The van der Waals surface area contributed by atoms with E-state index < -0.39 is 0 Å². The van der Waals surface area contributed by atoms with Crippen LogP contribution in [0.15, 0.2) is 158 Å². The Hall–Kier alpha value is -6.39. The fourth-order valence-electron chi connectivity index (χ4n) is 8.01. The van der Waals surface area contributed by atoms with Crippen molar-refractivity contribution in [1.29, 1.82) is 0 Å². The summed E-state index contributed by atoms with van der Waals surface area (Å²) in [7, 11) is 0. The third kappa shape index (κ3) is 4.28. The Kier molecular flexibility index (Phi) is 6.19. The predicted molar refractivity (Wildman–Crippen MR) is 206 cm³/mol. The molecule has 0 fully saturated rings. The van der Waals surface area contributed by atoms with Gasteiger partial charge < -0.3 is 4.57 Å². The number of rotatable bonds is 4. The van der Waals surface area contributed by atoms with Crippen LogP contribution in [0.4, 0.5) is 0 Å². The molecule has 0 radical (unpaired) electrons. The first kappa shape index (κ1) is 28.6. The van der Waals surface area contributed by atoms with Crippen molar-refractivity contribution in [1.82, 2.24) is 19.5 Å². The Balaban J connectivity index is 1.21. The summed E-state index contributed by atoms with van der Waals surface area (Å²) < 4.78 is 2.34. The van der Waals surface area contributed by atoms with Crippen LogP contribution in [-0.4, -0.2) is 19.5 Å². The van der Waals surface area contributed by atoms with E-state index in [0.29, 0.717) is 17.5 Å². The number of aromatic nitrogens is 4. The van der Waals surface area contributed by atoms with Gasteiger partial charge in [-0.05, 0) is 63.4 Å². The summed E-state index contributed by atoms with van der Waals surface area (Å²) in [5, 5.41) is 4.80. The highest BCUT2D eigenvalue weighted by atomic mass is 15.0. The maximum absolute atomic E-state index is 5.28. The van der Waals surface area contributed by atoms with Gasteiger partial charge in [0.15, 0.2) is 17.5 Å². The number of benzene rings is 7. The molecular weight excluding hydrogens is 609 g/mol. The summed E-state index contributed by atoms with van der Waals surface area (Å²) in [6.45, 7) is 4.61. The largest absolute Gasteiger partial charge is 0.309 e. The van der Waals surface area contributed by atoms with Gasteiger partial charge in [0.25, 0.3) is 0 Å². The lowest BCUT2D eigenvalue weighted by Crippen LogP contribution is -2.14. The topological polar surface area (TPSA) is 43.6 Å². The molecule has 1 aliphatic rings. The van der Waals surface area contributed by atoms with E-state index in [4.69, 9.17) is 15.0 Å². The highest BCUT2D eigenvalue weighted by molar-refractivity contribution is 6.09. The zero-order chi connectivity index (χ0) is 33.4. The Morgan fingerprint density at radius 2 is 1.02 bits per heavy atom.